The molecule has 5 aromatic carbocycles. The van der Waals surface area contributed by atoms with Gasteiger partial charge in [0.25, 0.3) is 46.4 Å². The Kier molecular flexibility index (Phi) is 9.67. The molecule has 6 aromatic rings. The Hall–Kier alpha value is -4.88. The lowest BCUT2D eigenvalue weighted by Crippen LogP contribution is -2.13. The molecular weight excluding hydrogens is 840 g/mol. The molecule has 54 heavy (non-hydrogen) atoms. The van der Waals surface area contributed by atoms with Crippen molar-refractivity contribution in [1.29, 1.82) is 0 Å². The molecule has 0 saturated carbocycles. The number of nitrogens with zero attached hydrogens (tertiary/aromatic N) is 3. The van der Waals surface area contributed by atoms with Crippen LogP contribution in [-0.4, -0.2) is 67.9 Å². The summed E-state index contributed by atoms with van der Waals surface area (Å²) in [4.78, 5) is 13.6. The molecule has 280 valence electrons. The maximum Gasteiger partial charge on any atom is 0.297 e. The quantitative estimate of drug-likeness (QED) is 0.0563. The largest absolute Gasteiger partial charge is 0.505 e. The first-order valence-electron chi connectivity index (χ1n) is 14.2. The van der Waals surface area contributed by atoms with Gasteiger partial charge in [-0.25, -0.2) is 4.98 Å². The third kappa shape index (κ3) is 7.43. The van der Waals surface area contributed by atoms with E-state index < -0.39 is 105 Å². The number of aromatic nitrogens is 1. The van der Waals surface area contributed by atoms with Crippen molar-refractivity contribution in [2.24, 2.45) is 10.2 Å². The Morgan fingerprint density at radius 3 is 2.00 bits per heavy atom. The minimum atomic E-state index is -5.40. The fraction of sp³-hybridized carbons (Fsp3) is 0. The second-order valence-electron chi connectivity index (χ2n) is 11.1. The van der Waals surface area contributed by atoms with Crippen LogP contribution in [0.4, 0.5) is 17.1 Å². The number of hydrogen-bond donors (Lipinski definition) is 6. The van der Waals surface area contributed by atoms with Crippen molar-refractivity contribution in [3.63, 3.8) is 0 Å². The Labute approximate surface area is 313 Å². The van der Waals surface area contributed by atoms with Crippen molar-refractivity contribution in [1.82, 2.24) is 4.98 Å². The van der Waals surface area contributed by atoms with Crippen molar-refractivity contribution in [2.45, 2.75) is 19.6 Å². The van der Waals surface area contributed by atoms with Crippen LogP contribution in [0.15, 0.2) is 103 Å². The minimum Gasteiger partial charge on any atom is -0.505 e. The minimum absolute atomic E-state index is 0.0105. The van der Waals surface area contributed by atoms with Crippen molar-refractivity contribution >= 4 is 119 Å². The molecular formula is C30H18Cl2N4O14S4. The van der Waals surface area contributed by atoms with Gasteiger partial charge < -0.3 is 10.4 Å². The summed E-state index contributed by atoms with van der Waals surface area (Å²) in [7, 11) is -20.7. The number of hydrogen-bond acceptors (Lipinski definition) is 13. The number of benzene rings is 5. The summed E-state index contributed by atoms with van der Waals surface area (Å²) in [6.45, 7) is 0. The number of halogens is 2. The first-order chi connectivity index (χ1) is 24.9. The summed E-state index contributed by atoms with van der Waals surface area (Å²) in [6.07, 6.45) is 0. The molecule has 24 heteroatoms. The van der Waals surface area contributed by atoms with Crippen LogP contribution in [0, 0.1) is 0 Å². The number of fused-ring (bicyclic) bond motifs is 3. The highest BCUT2D eigenvalue weighted by Gasteiger charge is 2.28. The molecule has 0 fully saturated rings. The molecule has 0 unspecified atom stereocenters. The first-order valence-corrected chi connectivity index (χ1v) is 20.7. The number of azo groups is 1. The molecule has 0 aliphatic heterocycles. The van der Waals surface area contributed by atoms with Gasteiger partial charge in [-0.05, 0) is 60.0 Å². The molecule has 0 spiro atoms. The number of rotatable bonds is 8. The van der Waals surface area contributed by atoms with E-state index in [0.717, 1.165) is 30.3 Å². The fourth-order valence-electron chi connectivity index (χ4n) is 5.43. The van der Waals surface area contributed by atoms with Gasteiger partial charge in [0, 0.05) is 27.1 Å². The van der Waals surface area contributed by atoms with Crippen LogP contribution in [0.5, 0.6) is 5.75 Å². The maximum absolute atomic E-state index is 13.5. The molecule has 1 aromatic heterocycles. The van der Waals surface area contributed by atoms with E-state index in [1.54, 1.807) is 0 Å². The lowest BCUT2D eigenvalue weighted by atomic mass is 10.1. The summed E-state index contributed by atoms with van der Waals surface area (Å²) >= 11 is 12.0. The van der Waals surface area contributed by atoms with Gasteiger partial charge in [-0.15, -0.1) is 10.2 Å². The highest BCUT2D eigenvalue weighted by Crippen LogP contribution is 2.46. The van der Waals surface area contributed by atoms with E-state index in [2.05, 4.69) is 20.5 Å². The van der Waals surface area contributed by atoms with Crippen molar-refractivity contribution in [3.05, 3.63) is 88.5 Å². The highest BCUT2D eigenvalue weighted by atomic mass is 35.5. The average Bonchev–Trinajstić information content (AvgIpc) is 3.05. The van der Waals surface area contributed by atoms with Crippen LogP contribution in [0.2, 0.25) is 10.2 Å². The molecule has 1 amide bonds. The molecule has 0 saturated heterocycles. The van der Waals surface area contributed by atoms with Crippen molar-refractivity contribution in [3.8, 4) is 5.75 Å². The molecule has 1 heterocycles. The molecule has 0 radical (unpaired) electrons. The smallest absolute Gasteiger partial charge is 0.297 e. The molecule has 0 bridgehead atoms. The van der Waals surface area contributed by atoms with E-state index in [4.69, 9.17) is 23.2 Å². The Morgan fingerprint density at radius 1 is 0.685 bits per heavy atom. The summed E-state index contributed by atoms with van der Waals surface area (Å²) in [6, 6.07) is 12.2. The van der Waals surface area contributed by atoms with E-state index in [0.29, 0.717) is 29.1 Å². The Bertz CT molecular complexity index is 3140. The number of phenols is 1. The van der Waals surface area contributed by atoms with Crippen LogP contribution in [-0.2, 0) is 40.5 Å². The monoisotopic (exact) mass is 856 g/mol. The Balaban J connectivity index is 1.58. The van der Waals surface area contributed by atoms with Gasteiger partial charge in [-0.2, -0.15) is 33.7 Å². The number of phenolic OH excluding ortho intramolecular Hbond substituents is 1. The Morgan fingerprint density at radius 2 is 1.37 bits per heavy atom. The van der Waals surface area contributed by atoms with E-state index in [-0.39, 0.29) is 21.1 Å². The van der Waals surface area contributed by atoms with Gasteiger partial charge in [0.15, 0.2) is 5.75 Å². The first kappa shape index (κ1) is 38.8. The molecule has 0 atom stereocenters. The summed E-state index contributed by atoms with van der Waals surface area (Å²) in [5, 5.41) is 19.6. The molecule has 18 nitrogen and oxygen atoms in total. The molecule has 6 rings (SSSR count). The SMILES string of the molecule is O=C(Nc1cc(S(=O)(=O)O)cc2cc(S(=O)(=O)O)c(N=Nc3ccc4c(S(=O)(=O)O)cccc4c3S(=O)(=O)O)c(O)c12)c1ccc2nc(Cl)c(Cl)cc2c1. The number of carbonyl (C=O) groups is 1. The number of amides is 1. The van der Waals surface area contributed by atoms with E-state index >= 15 is 0 Å². The normalized spacial score (nSPS) is 12.9. The van der Waals surface area contributed by atoms with Gasteiger partial charge in [-0.1, -0.05) is 41.4 Å². The van der Waals surface area contributed by atoms with Crippen LogP contribution < -0.4 is 5.32 Å². The lowest BCUT2D eigenvalue weighted by molar-refractivity contribution is 0.102. The highest BCUT2D eigenvalue weighted by molar-refractivity contribution is 7.87. The lowest BCUT2D eigenvalue weighted by Gasteiger charge is -2.15. The zero-order valence-electron chi connectivity index (χ0n) is 26.1. The third-order valence-electron chi connectivity index (χ3n) is 7.68. The van der Waals surface area contributed by atoms with Crippen LogP contribution in [0.25, 0.3) is 32.4 Å². The van der Waals surface area contributed by atoms with Crippen molar-refractivity contribution in [2.75, 3.05) is 5.32 Å². The topological polar surface area (TPSA) is 304 Å². The zero-order chi connectivity index (χ0) is 39.7. The average molecular weight is 858 g/mol. The number of anilines is 1. The third-order valence-corrected chi connectivity index (χ3v) is 11.9. The molecule has 0 aliphatic carbocycles. The van der Waals surface area contributed by atoms with Crippen LogP contribution in [0.1, 0.15) is 10.4 Å². The van der Waals surface area contributed by atoms with E-state index in [1.165, 1.54) is 24.3 Å². The standard InChI is InChI=1S/C30H18Cl2N4O14S4/c31-19-10-14-8-13(4-6-20(14)33-29(19)32)30(38)34-22-12-16(51(39,40)41)9-15-11-24(53(45,46)47)26(27(37)25(15)22)36-35-21-7-5-17-18(28(21)54(48,49)50)2-1-3-23(17)52(42,43)44/h1-12,37H,(H,34,38)(H,39,40,41)(H,42,43,44)(H,45,46,47)(H,48,49,50). The van der Waals surface area contributed by atoms with Gasteiger partial charge >= 0.3 is 0 Å². The van der Waals surface area contributed by atoms with Gasteiger partial charge in [0.1, 0.15) is 31.2 Å². The number of pyridine rings is 1. The zero-order valence-corrected chi connectivity index (χ0v) is 30.8. The van der Waals surface area contributed by atoms with E-state index in [9.17, 15) is 61.8 Å². The molecule has 6 N–H and O–H groups in total. The van der Waals surface area contributed by atoms with Crippen molar-refractivity contribution < 1.29 is 61.8 Å². The fourth-order valence-corrected chi connectivity index (χ4v) is 8.47. The number of nitrogens with one attached hydrogen (secondary N) is 1. The second kappa shape index (κ2) is 13.5. The number of aromatic hydroxyl groups is 1. The molecule has 0 aliphatic rings. The van der Waals surface area contributed by atoms with E-state index in [1.807, 2.05) is 0 Å². The van der Waals surface area contributed by atoms with Gasteiger partial charge in [0.2, 0.25) is 0 Å². The predicted molar refractivity (Wildman–Crippen MR) is 193 cm³/mol. The number of carbonyl (C=O) groups excluding carboxylic acids is 1. The predicted octanol–water partition coefficient (Wildman–Crippen LogP) is 6.21. The van der Waals surface area contributed by atoms with Crippen LogP contribution in [0.3, 0.4) is 0 Å². The second-order valence-corrected chi connectivity index (χ2v) is 17.5. The van der Waals surface area contributed by atoms with Crippen LogP contribution >= 0.6 is 23.2 Å². The summed E-state index contributed by atoms with van der Waals surface area (Å²) < 4.78 is 138. The van der Waals surface area contributed by atoms with Gasteiger partial charge in [-0.3, -0.25) is 23.0 Å². The van der Waals surface area contributed by atoms with Gasteiger partial charge in [0.05, 0.1) is 21.1 Å². The maximum atomic E-state index is 13.5. The summed E-state index contributed by atoms with van der Waals surface area (Å²) in [5.74, 6) is -2.13. The summed E-state index contributed by atoms with van der Waals surface area (Å²) in [5.41, 5.74) is -2.16.